The number of fused-ring (bicyclic) bond motifs is 1. The lowest BCUT2D eigenvalue weighted by atomic mass is 10.2. The summed E-state index contributed by atoms with van der Waals surface area (Å²) in [6, 6.07) is 8.54. The second kappa shape index (κ2) is 12.2. The summed E-state index contributed by atoms with van der Waals surface area (Å²) in [6.07, 6.45) is 3.54. The smallest absolute Gasteiger partial charge is 0.344 e. The van der Waals surface area contributed by atoms with Gasteiger partial charge in [0, 0.05) is 27.5 Å². The van der Waals surface area contributed by atoms with E-state index in [4.69, 9.17) is 25.8 Å². The van der Waals surface area contributed by atoms with Crippen LogP contribution in [-0.4, -0.2) is 41.7 Å². The number of ether oxygens (including phenoxy) is 3. The molecule has 1 aromatic heterocycles. The summed E-state index contributed by atoms with van der Waals surface area (Å²) in [7, 11) is 1.46. The molecule has 186 valence electrons. The van der Waals surface area contributed by atoms with E-state index in [0.29, 0.717) is 39.5 Å². The van der Waals surface area contributed by atoms with E-state index in [9.17, 15) is 9.59 Å². The summed E-state index contributed by atoms with van der Waals surface area (Å²) in [4.78, 5) is 30.0. The van der Waals surface area contributed by atoms with Gasteiger partial charge in [-0.15, -0.1) is 0 Å². The molecule has 0 N–H and O–H groups in total. The third-order valence-electron chi connectivity index (χ3n) is 4.91. The summed E-state index contributed by atoms with van der Waals surface area (Å²) in [5.41, 5.74) is 0.734. The van der Waals surface area contributed by atoms with Crippen LogP contribution in [0, 0.1) is 0 Å². The van der Waals surface area contributed by atoms with Crippen molar-refractivity contribution in [3.05, 3.63) is 61.6 Å². The zero-order chi connectivity index (χ0) is 25.5. The van der Waals surface area contributed by atoms with Gasteiger partial charge in [0.1, 0.15) is 5.82 Å². The van der Waals surface area contributed by atoms with Gasteiger partial charge in [-0.3, -0.25) is 4.79 Å². The molecule has 3 aromatic rings. The molecule has 0 aliphatic rings. The highest BCUT2D eigenvalue weighted by Crippen LogP contribution is 2.34. The van der Waals surface area contributed by atoms with Crippen LogP contribution in [0.2, 0.25) is 5.02 Å². The Morgan fingerprint density at radius 3 is 2.74 bits per heavy atom. The van der Waals surface area contributed by atoms with Crippen LogP contribution in [-0.2, 0) is 16.0 Å². The Balaban J connectivity index is 2.07. The minimum absolute atomic E-state index is 0.251. The Bertz CT molecular complexity index is 1310. The predicted molar refractivity (Wildman–Crippen MR) is 140 cm³/mol. The zero-order valence-electron chi connectivity index (χ0n) is 20.0. The Labute approximate surface area is 217 Å². The molecule has 0 bridgehead atoms. The van der Waals surface area contributed by atoms with Gasteiger partial charge in [0.2, 0.25) is 0 Å². The fourth-order valence-electron chi connectivity index (χ4n) is 3.35. The van der Waals surface area contributed by atoms with E-state index >= 15 is 0 Å². The summed E-state index contributed by atoms with van der Waals surface area (Å²) in [5, 5.41) is 5.27. The number of nitrogens with zero attached hydrogens (tertiary/aromatic N) is 3. The summed E-state index contributed by atoms with van der Waals surface area (Å²) in [6.45, 7) is 5.24. The molecule has 8 nitrogen and oxygen atoms in total. The topological polar surface area (TPSA) is 92.0 Å². The van der Waals surface area contributed by atoms with Crippen LogP contribution in [0.3, 0.4) is 0 Å². The van der Waals surface area contributed by atoms with Crippen molar-refractivity contribution in [1.29, 1.82) is 0 Å². The lowest BCUT2D eigenvalue weighted by Gasteiger charge is -2.15. The molecule has 2 aromatic carbocycles. The van der Waals surface area contributed by atoms with Crippen LogP contribution in [0.4, 0.5) is 0 Å². The lowest BCUT2D eigenvalue weighted by Crippen LogP contribution is -2.22. The number of benzene rings is 2. The van der Waals surface area contributed by atoms with Gasteiger partial charge in [-0.1, -0.05) is 40.9 Å². The van der Waals surface area contributed by atoms with Crippen LogP contribution in [0.5, 0.6) is 11.5 Å². The summed E-state index contributed by atoms with van der Waals surface area (Å²) < 4.78 is 18.3. The first-order chi connectivity index (χ1) is 16.7. The highest BCUT2D eigenvalue weighted by Gasteiger charge is 2.16. The average molecular weight is 565 g/mol. The first-order valence-electron chi connectivity index (χ1n) is 11.2. The van der Waals surface area contributed by atoms with Crippen molar-refractivity contribution in [2.75, 3.05) is 13.7 Å². The molecule has 0 aliphatic carbocycles. The van der Waals surface area contributed by atoms with Crippen LogP contribution < -0.4 is 15.0 Å². The van der Waals surface area contributed by atoms with Crippen molar-refractivity contribution in [3.63, 3.8) is 0 Å². The monoisotopic (exact) mass is 563 g/mol. The van der Waals surface area contributed by atoms with E-state index in [1.807, 2.05) is 6.07 Å². The second-order valence-electron chi connectivity index (χ2n) is 8.01. The van der Waals surface area contributed by atoms with Crippen molar-refractivity contribution < 1.29 is 19.0 Å². The van der Waals surface area contributed by atoms with Crippen molar-refractivity contribution in [3.8, 4) is 11.5 Å². The Morgan fingerprint density at radius 1 is 1.29 bits per heavy atom. The zero-order valence-corrected chi connectivity index (χ0v) is 22.4. The van der Waals surface area contributed by atoms with Gasteiger partial charge < -0.3 is 14.2 Å². The normalized spacial score (nSPS) is 11.4. The fourth-order valence-corrected chi connectivity index (χ4v) is 3.93. The standard InChI is InChI=1S/C25H27BrClN3O5/c1-5-6-7-22-29-20-9-8-17(26)11-19(20)25(32)30(22)28-13-16-10-18(27)12-21(33-4)24(16)34-14-23(31)35-15(2)3/h8-13,15H,5-7,14H2,1-4H3. The quantitative estimate of drug-likeness (QED) is 0.243. The van der Waals surface area contributed by atoms with Crippen molar-refractivity contribution in [1.82, 2.24) is 9.66 Å². The van der Waals surface area contributed by atoms with E-state index in [1.54, 1.807) is 38.1 Å². The Hall–Kier alpha value is -2.91. The molecule has 3 rings (SSSR count). The number of methoxy groups -OCH3 is 1. The second-order valence-corrected chi connectivity index (χ2v) is 9.36. The van der Waals surface area contributed by atoms with Gasteiger partial charge in [-0.05, 0) is 44.5 Å². The number of carbonyl (C=O) groups is 1. The van der Waals surface area contributed by atoms with Crippen LogP contribution in [0.25, 0.3) is 10.9 Å². The summed E-state index contributed by atoms with van der Waals surface area (Å²) in [5.74, 6) is 0.582. The largest absolute Gasteiger partial charge is 0.493 e. The molecule has 0 amide bonds. The Morgan fingerprint density at radius 2 is 2.06 bits per heavy atom. The third kappa shape index (κ3) is 6.82. The molecular formula is C25H27BrClN3O5. The number of hydrogen-bond donors (Lipinski definition) is 0. The van der Waals surface area contributed by atoms with Crippen LogP contribution >= 0.6 is 27.5 Å². The van der Waals surface area contributed by atoms with Gasteiger partial charge in [0.15, 0.2) is 18.1 Å². The molecule has 0 saturated carbocycles. The van der Waals surface area contributed by atoms with Crippen LogP contribution in [0.15, 0.2) is 44.7 Å². The van der Waals surface area contributed by atoms with Gasteiger partial charge in [0.05, 0.1) is 30.3 Å². The van der Waals surface area contributed by atoms with E-state index in [0.717, 1.165) is 17.3 Å². The number of halogens is 2. The van der Waals surface area contributed by atoms with Gasteiger partial charge in [-0.2, -0.15) is 9.78 Å². The average Bonchev–Trinajstić information content (AvgIpc) is 2.81. The van der Waals surface area contributed by atoms with E-state index in [-0.39, 0.29) is 24.0 Å². The van der Waals surface area contributed by atoms with E-state index in [2.05, 4.69) is 32.9 Å². The highest BCUT2D eigenvalue weighted by atomic mass is 79.9. The van der Waals surface area contributed by atoms with Crippen molar-refractivity contribution in [2.45, 2.75) is 46.1 Å². The van der Waals surface area contributed by atoms with Gasteiger partial charge in [-0.25, -0.2) is 9.78 Å². The number of aromatic nitrogens is 2. The first kappa shape index (κ1) is 26.7. The maximum atomic E-state index is 13.3. The maximum Gasteiger partial charge on any atom is 0.344 e. The molecule has 0 atom stereocenters. The Kier molecular flexibility index (Phi) is 9.28. The molecule has 0 radical (unpaired) electrons. The molecule has 0 saturated heterocycles. The predicted octanol–water partition coefficient (Wildman–Crippen LogP) is 5.38. The first-order valence-corrected chi connectivity index (χ1v) is 12.4. The number of hydrogen-bond acceptors (Lipinski definition) is 7. The molecule has 0 unspecified atom stereocenters. The molecule has 10 heteroatoms. The van der Waals surface area contributed by atoms with Crippen molar-refractivity contribution in [2.24, 2.45) is 5.10 Å². The highest BCUT2D eigenvalue weighted by molar-refractivity contribution is 9.10. The minimum atomic E-state index is -0.526. The lowest BCUT2D eigenvalue weighted by molar-refractivity contribution is -0.149. The SMILES string of the molecule is CCCCc1nc2ccc(Br)cc2c(=O)n1N=Cc1cc(Cl)cc(OC)c1OCC(=O)OC(C)C. The van der Waals surface area contributed by atoms with Crippen molar-refractivity contribution >= 4 is 50.6 Å². The minimum Gasteiger partial charge on any atom is -0.493 e. The van der Waals surface area contributed by atoms with E-state index in [1.165, 1.54) is 18.0 Å². The van der Waals surface area contributed by atoms with Gasteiger partial charge >= 0.3 is 5.97 Å². The molecule has 0 spiro atoms. The van der Waals surface area contributed by atoms with Crippen LogP contribution in [0.1, 0.15) is 45.0 Å². The van der Waals surface area contributed by atoms with E-state index < -0.39 is 5.97 Å². The number of unbranched alkanes of at least 4 members (excludes halogenated alkanes) is 1. The number of rotatable bonds is 10. The molecule has 0 aliphatic heterocycles. The molecule has 35 heavy (non-hydrogen) atoms. The number of esters is 1. The molecule has 0 fully saturated rings. The third-order valence-corrected chi connectivity index (χ3v) is 5.62. The summed E-state index contributed by atoms with van der Waals surface area (Å²) >= 11 is 9.67. The van der Waals surface area contributed by atoms with Gasteiger partial charge in [0.25, 0.3) is 5.56 Å². The number of aryl methyl sites for hydroxylation is 1. The molecular weight excluding hydrogens is 538 g/mol. The molecule has 1 heterocycles. The maximum absolute atomic E-state index is 13.3. The fraction of sp³-hybridized carbons (Fsp3) is 0.360. The number of carbonyl (C=O) groups excluding carboxylic acids is 1.